The summed E-state index contributed by atoms with van der Waals surface area (Å²) in [5.74, 6) is 2.25. The Morgan fingerprint density at radius 1 is 0.946 bits per heavy atom. The van der Waals surface area contributed by atoms with Gasteiger partial charge >= 0.3 is 0 Å². The lowest BCUT2D eigenvalue weighted by molar-refractivity contribution is 0.242. The molecule has 7 nitrogen and oxygen atoms in total. The number of ether oxygens (including phenoxy) is 3. The Hall–Kier alpha value is -3.65. The molecular formula is C29H32N2O5S. The van der Waals surface area contributed by atoms with Gasteiger partial charge in [0.2, 0.25) is 0 Å². The molecule has 3 aromatic carbocycles. The van der Waals surface area contributed by atoms with Crippen LogP contribution in [0.4, 0.5) is 11.4 Å². The van der Waals surface area contributed by atoms with Crippen molar-refractivity contribution in [1.82, 2.24) is 0 Å². The number of rotatable bonds is 8. The van der Waals surface area contributed by atoms with Gasteiger partial charge in [-0.3, -0.25) is 4.72 Å². The predicted octanol–water partition coefficient (Wildman–Crippen LogP) is 6.12. The summed E-state index contributed by atoms with van der Waals surface area (Å²) in [7, 11) is -0.763. The minimum atomic E-state index is -3.81. The second-order valence-electron chi connectivity index (χ2n) is 9.64. The van der Waals surface area contributed by atoms with E-state index >= 15 is 0 Å². The van der Waals surface area contributed by atoms with E-state index < -0.39 is 10.0 Å². The van der Waals surface area contributed by atoms with Gasteiger partial charge in [0.25, 0.3) is 10.0 Å². The van der Waals surface area contributed by atoms with E-state index in [0.717, 1.165) is 23.4 Å². The standard InChI is InChI=1S/C29H32N2O5S/c1-18(2)36-21-11-8-19(9-12-21)29-24-7-5-6-23(24)25-17-22(13-14-26(25)30-29)37(32,33)31-20-10-15-27(34-3)28(16-20)35-4/h5-6,8-18,23-24,29-31H,7H2,1-4H3/t23-,24+,29+/m0/s1. The first-order valence-corrected chi connectivity index (χ1v) is 13.9. The molecule has 3 aromatic rings. The number of sulfonamides is 1. The smallest absolute Gasteiger partial charge is 0.261 e. The van der Waals surface area contributed by atoms with Crippen molar-refractivity contribution in [2.24, 2.45) is 5.92 Å². The van der Waals surface area contributed by atoms with Crippen LogP contribution in [0.1, 0.15) is 43.4 Å². The zero-order valence-corrected chi connectivity index (χ0v) is 22.2. The normalized spacial score (nSPS) is 20.1. The second kappa shape index (κ2) is 10.0. The van der Waals surface area contributed by atoms with Gasteiger partial charge in [-0.2, -0.15) is 0 Å². The minimum absolute atomic E-state index is 0.118. The number of methoxy groups -OCH3 is 2. The average molecular weight is 521 g/mol. The van der Waals surface area contributed by atoms with Gasteiger partial charge in [-0.1, -0.05) is 24.3 Å². The van der Waals surface area contributed by atoms with Crippen molar-refractivity contribution in [3.05, 3.63) is 83.9 Å². The highest BCUT2D eigenvalue weighted by molar-refractivity contribution is 7.92. The minimum Gasteiger partial charge on any atom is -0.493 e. The lowest BCUT2D eigenvalue weighted by Crippen LogP contribution is -2.29. The fraction of sp³-hybridized carbons (Fsp3) is 0.310. The van der Waals surface area contributed by atoms with E-state index in [0.29, 0.717) is 23.1 Å². The van der Waals surface area contributed by atoms with Crippen molar-refractivity contribution < 1.29 is 22.6 Å². The van der Waals surface area contributed by atoms with Crippen LogP contribution in [0, 0.1) is 5.92 Å². The van der Waals surface area contributed by atoms with Crippen LogP contribution in [0.2, 0.25) is 0 Å². The summed E-state index contributed by atoms with van der Waals surface area (Å²) in [6.07, 6.45) is 5.44. The summed E-state index contributed by atoms with van der Waals surface area (Å²) in [6.45, 7) is 4.03. The molecule has 0 fully saturated rings. The molecule has 0 spiro atoms. The van der Waals surface area contributed by atoms with Gasteiger partial charge in [-0.15, -0.1) is 0 Å². The summed E-state index contributed by atoms with van der Waals surface area (Å²) in [4.78, 5) is 0.218. The van der Waals surface area contributed by atoms with E-state index in [-0.39, 0.29) is 23.0 Å². The highest BCUT2D eigenvalue weighted by Crippen LogP contribution is 2.50. The molecule has 8 heteroatoms. The fourth-order valence-electron chi connectivity index (χ4n) is 5.21. The molecule has 3 atom stereocenters. The largest absolute Gasteiger partial charge is 0.493 e. The summed E-state index contributed by atoms with van der Waals surface area (Å²) in [6, 6.07) is 18.6. The maximum Gasteiger partial charge on any atom is 0.261 e. The predicted molar refractivity (Wildman–Crippen MR) is 145 cm³/mol. The number of benzene rings is 3. The molecule has 37 heavy (non-hydrogen) atoms. The van der Waals surface area contributed by atoms with Crippen molar-refractivity contribution in [2.45, 2.75) is 43.2 Å². The Morgan fingerprint density at radius 3 is 2.41 bits per heavy atom. The second-order valence-corrected chi connectivity index (χ2v) is 11.3. The van der Waals surface area contributed by atoms with Crippen LogP contribution in [0.15, 0.2) is 77.7 Å². The van der Waals surface area contributed by atoms with E-state index in [1.807, 2.05) is 32.0 Å². The highest BCUT2D eigenvalue weighted by atomic mass is 32.2. The molecule has 0 saturated heterocycles. The topological polar surface area (TPSA) is 85.9 Å². The molecule has 0 amide bonds. The lowest BCUT2D eigenvalue weighted by Gasteiger charge is -2.37. The summed E-state index contributed by atoms with van der Waals surface area (Å²) in [5.41, 5.74) is 3.53. The van der Waals surface area contributed by atoms with E-state index in [4.69, 9.17) is 14.2 Å². The van der Waals surface area contributed by atoms with Crippen LogP contribution in [-0.2, 0) is 10.0 Å². The van der Waals surface area contributed by atoms with Crippen LogP contribution in [0.25, 0.3) is 0 Å². The van der Waals surface area contributed by atoms with Gasteiger partial charge in [0.1, 0.15) is 5.75 Å². The first-order valence-electron chi connectivity index (χ1n) is 12.4. The monoisotopic (exact) mass is 520 g/mol. The molecule has 1 aliphatic heterocycles. The number of fused-ring (bicyclic) bond motifs is 3. The van der Waals surface area contributed by atoms with Crippen LogP contribution >= 0.6 is 0 Å². The molecule has 194 valence electrons. The van der Waals surface area contributed by atoms with E-state index in [1.54, 1.807) is 30.3 Å². The van der Waals surface area contributed by atoms with Gasteiger partial charge in [-0.25, -0.2) is 8.42 Å². The number of hydrogen-bond donors (Lipinski definition) is 2. The Morgan fingerprint density at radius 2 is 1.70 bits per heavy atom. The fourth-order valence-corrected chi connectivity index (χ4v) is 6.29. The summed E-state index contributed by atoms with van der Waals surface area (Å²) >= 11 is 0. The molecule has 0 bridgehead atoms. The van der Waals surface area contributed by atoms with Crippen molar-refractivity contribution in [1.29, 1.82) is 0 Å². The number of anilines is 2. The van der Waals surface area contributed by atoms with E-state index in [2.05, 4.69) is 34.3 Å². The third-order valence-electron chi connectivity index (χ3n) is 6.89. The van der Waals surface area contributed by atoms with Crippen molar-refractivity contribution in [3.8, 4) is 17.2 Å². The molecule has 1 aliphatic carbocycles. The molecular weight excluding hydrogens is 488 g/mol. The zero-order chi connectivity index (χ0) is 26.2. The van der Waals surface area contributed by atoms with Crippen LogP contribution in [0.5, 0.6) is 17.2 Å². The first kappa shape index (κ1) is 25.0. The van der Waals surface area contributed by atoms with E-state index in [1.165, 1.54) is 19.8 Å². The molecule has 0 aromatic heterocycles. The molecule has 0 radical (unpaired) electrons. The zero-order valence-electron chi connectivity index (χ0n) is 21.4. The number of nitrogens with one attached hydrogen (secondary N) is 2. The number of hydrogen-bond acceptors (Lipinski definition) is 6. The third-order valence-corrected chi connectivity index (χ3v) is 8.27. The Balaban J connectivity index is 1.41. The van der Waals surface area contributed by atoms with Crippen molar-refractivity contribution in [3.63, 3.8) is 0 Å². The Labute approximate surface area is 218 Å². The van der Waals surface area contributed by atoms with Gasteiger partial charge in [0, 0.05) is 17.7 Å². The Bertz CT molecular complexity index is 1420. The van der Waals surface area contributed by atoms with Gasteiger partial charge in [-0.05, 0) is 79.8 Å². The molecule has 0 saturated carbocycles. The van der Waals surface area contributed by atoms with Gasteiger partial charge in [0.05, 0.1) is 36.9 Å². The molecule has 0 unspecified atom stereocenters. The highest BCUT2D eigenvalue weighted by Gasteiger charge is 2.38. The number of allylic oxidation sites excluding steroid dienone is 2. The quantitative estimate of drug-likeness (QED) is 0.348. The molecule has 2 aliphatic rings. The maximum absolute atomic E-state index is 13.3. The summed E-state index contributed by atoms with van der Waals surface area (Å²) < 4.78 is 45.6. The maximum atomic E-state index is 13.3. The molecule has 5 rings (SSSR count). The van der Waals surface area contributed by atoms with Crippen LogP contribution in [0.3, 0.4) is 0 Å². The lowest BCUT2D eigenvalue weighted by atomic mass is 9.77. The molecule has 1 heterocycles. The van der Waals surface area contributed by atoms with Gasteiger partial charge in [0.15, 0.2) is 11.5 Å². The van der Waals surface area contributed by atoms with Gasteiger partial charge < -0.3 is 19.5 Å². The third kappa shape index (κ3) is 4.98. The SMILES string of the molecule is COc1ccc(NS(=O)(=O)c2ccc3c(c2)[C@H]2C=CC[C@H]2[C@@H](c2ccc(OC(C)C)cc2)N3)cc1OC. The first-order chi connectivity index (χ1) is 17.8. The average Bonchev–Trinajstić information content (AvgIpc) is 3.38. The molecule has 2 N–H and O–H groups in total. The van der Waals surface area contributed by atoms with Crippen molar-refractivity contribution in [2.75, 3.05) is 24.3 Å². The van der Waals surface area contributed by atoms with Crippen LogP contribution < -0.4 is 24.2 Å². The summed E-state index contributed by atoms with van der Waals surface area (Å²) in [5, 5.41) is 3.67. The Kier molecular flexibility index (Phi) is 6.77. The van der Waals surface area contributed by atoms with Crippen molar-refractivity contribution >= 4 is 21.4 Å². The van der Waals surface area contributed by atoms with Crippen LogP contribution in [-0.4, -0.2) is 28.7 Å². The van der Waals surface area contributed by atoms with E-state index in [9.17, 15) is 8.42 Å².